The van der Waals surface area contributed by atoms with Crippen LogP contribution in [0.5, 0.6) is 0 Å². The average Bonchev–Trinajstić information content (AvgIpc) is 2.74. The van der Waals surface area contributed by atoms with Crippen LogP contribution in [0, 0.1) is 0 Å². The maximum absolute atomic E-state index is 12.4. The van der Waals surface area contributed by atoms with Gasteiger partial charge in [-0.05, 0) is 60.2 Å². The zero-order valence-corrected chi connectivity index (χ0v) is 18.2. The first kappa shape index (κ1) is 21.3. The molecule has 0 saturated carbocycles. The van der Waals surface area contributed by atoms with Crippen LogP contribution < -0.4 is 15.6 Å². The van der Waals surface area contributed by atoms with Crippen LogP contribution >= 0.6 is 15.9 Å². The molecule has 0 saturated heterocycles. The van der Waals surface area contributed by atoms with Gasteiger partial charge in [0.25, 0.3) is 11.8 Å². The molecule has 0 atom stereocenters. The highest BCUT2D eigenvalue weighted by Gasteiger charge is 2.09. The van der Waals surface area contributed by atoms with E-state index in [9.17, 15) is 9.59 Å². The Morgan fingerprint density at radius 2 is 1.60 bits per heavy atom. The van der Waals surface area contributed by atoms with Crippen molar-refractivity contribution in [2.24, 2.45) is 5.10 Å². The molecule has 0 radical (unpaired) electrons. The molecular weight excluding hydrogens is 444 g/mol. The number of hydrogen-bond acceptors (Lipinski definition) is 4. The second-order valence-corrected chi connectivity index (χ2v) is 7.64. The number of nitrogens with zero attached hydrogens (tertiary/aromatic N) is 2. The van der Waals surface area contributed by atoms with E-state index in [-0.39, 0.29) is 11.8 Å². The van der Waals surface area contributed by atoms with Crippen LogP contribution in [0.1, 0.15) is 26.3 Å². The lowest BCUT2D eigenvalue weighted by molar-refractivity contribution is 0.0953. The summed E-state index contributed by atoms with van der Waals surface area (Å²) in [6.45, 7) is 0. The van der Waals surface area contributed by atoms with Crippen LogP contribution in [0.2, 0.25) is 0 Å². The fraction of sp³-hybridized carbons (Fsp3) is 0.0870. The molecule has 7 heteroatoms. The molecule has 0 unspecified atom stereocenters. The minimum Gasteiger partial charge on any atom is -0.378 e. The van der Waals surface area contributed by atoms with Crippen LogP contribution in [-0.2, 0) is 0 Å². The summed E-state index contributed by atoms with van der Waals surface area (Å²) in [5, 5.41) is 6.80. The van der Waals surface area contributed by atoms with Crippen molar-refractivity contribution >= 4 is 45.3 Å². The number of amides is 2. The van der Waals surface area contributed by atoms with Gasteiger partial charge >= 0.3 is 0 Å². The molecule has 2 amide bonds. The topological polar surface area (TPSA) is 73.8 Å². The van der Waals surface area contributed by atoms with Gasteiger partial charge in [0.15, 0.2) is 0 Å². The Bertz CT molecular complexity index is 1060. The van der Waals surface area contributed by atoms with Crippen LogP contribution in [-0.4, -0.2) is 32.1 Å². The molecule has 0 aliphatic carbocycles. The fourth-order valence-electron chi connectivity index (χ4n) is 2.63. The fourth-order valence-corrected chi connectivity index (χ4v) is 2.90. The van der Waals surface area contributed by atoms with E-state index in [2.05, 4.69) is 31.8 Å². The molecule has 0 aromatic heterocycles. The highest BCUT2D eigenvalue weighted by Crippen LogP contribution is 2.15. The summed E-state index contributed by atoms with van der Waals surface area (Å²) in [5.74, 6) is -0.616. The third kappa shape index (κ3) is 5.78. The molecule has 0 heterocycles. The van der Waals surface area contributed by atoms with Crippen molar-refractivity contribution in [2.45, 2.75) is 0 Å². The van der Waals surface area contributed by atoms with Gasteiger partial charge in [0.2, 0.25) is 0 Å². The van der Waals surface area contributed by atoms with E-state index in [4.69, 9.17) is 0 Å². The number of carbonyl (C=O) groups excluding carboxylic acids is 2. The van der Waals surface area contributed by atoms with Gasteiger partial charge in [-0.1, -0.05) is 34.1 Å². The molecule has 3 aromatic carbocycles. The van der Waals surface area contributed by atoms with E-state index in [1.165, 1.54) is 0 Å². The smallest absolute Gasteiger partial charge is 0.271 e. The normalized spacial score (nSPS) is 10.6. The lowest BCUT2D eigenvalue weighted by atomic mass is 10.1. The number of hydrogen-bond donors (Lipinski definition) is 2. The summed E-state index contributed by atoms with van der Waals surface area (Å²) in [7, 11) is 3.94. The molecule has 3 rings (SSSR count). The third-order valence-electron chi connectivity index (χ3n) is 4.28. The number of carbonyl (C=O) groups is 2. The number of nitrogens with one attached hydrogen (secondary N) is 2. The Balaban J connectivity index is 1.61. The minimum atomic E-state index is -0.365. The van der Waals surface area contributed by atoms with Crippen LogP contribution in [0.4, 0.5) is 11.4 Å². The van der Waals surface area contributed by atoms with Crippen molar-refractivity contribution in [1.82, 2.24) is 5.43 Å². The zero-order chi connectivity index (χ0) is 21.5. The molecule has 0 fully saturated rings. The van der Waals surface area contributed by atoms with Gasteiger partial charge in [0.1, 0.15) is 0 Å². The van der Waals surface area contributed by atoms with E-state index >= 15 is 0 Å². The lowest BCUT2D eigenvalue weighted by Crippen LogP contribution is -2.18. The maximum atomic E-state index is 12.4. The van der Waals surface area contributed by atoms with E-state index < -0.39 is 0 Å². The molecule has 2 N–H and O–H groups in total. The Hall–Kier alpha value is -3.45. The average molecular weight is 465 g/mol. The van der Waals surface area contributed by atoms with Gasteiger partial charge in [-0.15, -0.1) is 0 Å². The van der Waals surface area contributed by atoms with Crippen molar-refractivity contribution in [3.8, 4) is 0 Å². The van der Waals surface area contributed by atoms with Crippen molar-refractivity contribution in [2.75, 3.05) is 24.3 Å². The monoisotopic (exact) mass is 464 g/mol. The second kappa shape index (κ2) is 9.84. The van der Waals surface area contributed by atoms with E-state index in [0.717, 1.165) is 15.7 Å². The van der Waals surface area contributed by atoms with E-state index in [1.807, 2.05) is 43.3 Å². The third-order valence-corrected chi connectivity index (χ3v) is 4.81. The number of hydrazone groups is 1. The molecule has 152 valence electrons. The van der Waals surface area contributed by atoms with Crippen molar-refractivity contribution < 1.29 is 9.59 Å². The van der Waals surface area contributed by atoms with E-state index in [0.29, 0.717) is 16.8 Å². The molecule has 0 aliphatic rings. The highest BCUT2D eigenvalue weighted by molar-refractivity contribution is 9.10. The largest absolute Gasteiger partial charge is 0.378 e. The summed E-state index contributed by atoms with van der Waals surface area (Å²) >= 11 is 3.34. The molecule has 0 aliphatic heterocycles. The Morgan fingerprint density at radius 1 is 0.900 bits per heavy atom. The summed E-state index contributed by atoms with van der Waals surface area (Å²) in [4.78, 5) is 26.7. The molecule has 3 aromatic rings. The summed E-state index contributed by atoms with van der Waals surface area (Å²) in [6, 6.07) is 21.5. The van der Waals surface area contributed by atoms with E-state index in [1.54, 1.807) is 54.7 Å². The number of anilines is 2. The lowest BCUT2D eigenvalue weighted by Gasteiger charge is -2.11. The van der Waals surface area contributed by atoms with Crippen molar-refractivity contribution in [1.29, 1.82) is 0 Å². The quantitative estimate of drug-likeness (QED) is 0.415. The van der Waals surface area contributed by atoms with Crippen LogP contribution in [0.25, 0.3) is 0 Å². The van der Waals surface area contributed by atoms with Crippen molar-refractivity contribution in [3.05, 3.63) is 94.0 Å². The standard InChI is InChI=1S/C23H21BrN4O2/c1-28(2)21-12-6-16(7-13-21)15-25-27-23(30)18-4-3-5-20(14-18)26-22(29)17-8-10-19(24)11-9-17/h3-15H,1-2H3,(H,26,29)(H,27,30)/b25-15-. The summed E-state index contributed by atoms with van der Waals surface area (Å²) < 4.78 is 0.895. The SMILES string of the molecule is CN(C)c1ccc(/C=N\NC(=O)c2cccc(NC(=O)c3ccc(Br)cc3)c2)cc1. The minimum absolute atomic E-state index is 0.251. The maximum Gasteiger partial charge on any atom is 0.271 e. The van der Waals surface area contributed by atoms with Gasteiger partial charge < -0.3 is 10.2 Å². The Labute approximate surface area is 183 Å². The molecule has 6 nitrogen and oxygen atoms in total. The number of rotatable bonds is 6. The molecule has 0 bridgehead atoms. The molecule has 30 heavy (non-hydrogen) atoms. The van der Waals surface area contributed by atoms with Gasteiger partial charge in [0, 0.05) is 41.1 Å². The summed E-state index contributed by atoms with van der Waals surface area (Å²) in [6.07, 6.45) is 1.58. The molecule has 0 spiro atoms. The zero-order valence-electron chi connectivity index (χ0n) is 16.6. The predicted octanol–water partition coefficient (Wildman–Crippen LogP) is 4.53. The number of halogens is 1. The first-order chi connectivity index (χ1) is 14.4. The highest BCUT2D eigenvalue weighted by atomic mass is 79.9. The van der Waals surface area contributed by atoms with Crippen LogP contribution in [0.15, 0.2) is 82.4 Å². The second-order valence-electron chi connectivity index (χ2n) is 6.73. The number of benzene rings is 3. The van der Waals surface area contributed by atoms with Gasteiger partial charge in [-0.3, -0.25) is 9.59 Å². The molecular formula is C23H21BrN4O2. The first-order valence-corrected chi connectivity index (χ1v) is 9.99. The summed E-state index contributed by atoms with van der Waals surface area (Å²) in [5.41, 5.74) is 5.90. The van der Waals surface area contributed by atoms with Gasteiger partial charge in [0.05, 0.1) is 6.21 Å². The predicted molar refractivity (Wildman–Crippen MR) is 124 cm³/mol. The van der Waals surface area contributed by atoms with Crippen molar-refractivity contribution in [3.63, 3.8) is 0 Å². The van der Waals surface area contributed by atoms with Gasteiger partial charge in [-0.2, -0.15) is 5.10 Å². The first-order valence-electron chi connectivity index (χ1n) is 9.20. The Kier molecular flexibility index (Phi) is 6.98. The van der Waals surface area contributed by atoms with Gasteiger partial charge in [-0.25, -0.2) is 5.43 Å². The Morgan fingerprint density at radius 3 is 2.27 bits per heavy atom. The van der Waals surface area contributed by atoms with Crippen LogP contribution in [0.3, 0.4) is 0 Å².